The van der Waals surface area contributed by atoms with Gasteiger partial charge in [0.25, 0.3) is 7.82 Å². The SMILES string of the molecule is CCCCCCCC/C=C\CCCCCCCCCC(=O)OC(COC(=O)CCCC)COP(=O)([O-])OCC[N+](C)(C)C. The average Bonchev–Trinajstić information content (AvgIpc) is 2.94. The molecule has 0 aromatic carbocycles. The quantitative estimate of drug-likeness (QED) is 0.0261. The molecule has 43 heavy (non-hydrogen) atoms. The van der Waals surface area contributed by atoms with Crippen LogP contribution in [0.5, 0.6) is 0 Å². The van der Waals surface area contributed by atoms with Crippen LogP contribution in [0.25, 0.3) is 0 Å². The molecule has 254 valence electrons. The number of quaternary nitrogens is 1. The number of phosphoric ester groups is 1. The maximum absolute atomic E-state index is 12.4. The lowest BCUT2D eigenvalue weighted by Gasteiger charge is -2.28. The molecule has 0 aliphatic heterocycles. The second-order valence-electron chi connectivity index (χ2n) is 12.5. The number of likely N-dealkylation sites (N-methyl/N-ethyl adjacent to an activating group) is 1. The largest absolute Gasteiger partial charge is 0.756 e. The maximum Gasteiger partial charge on any atom is 0.306 e. The molecule has 2 atom stereocenters. The van der Waals surface area contributed by atoms with Gasteiger partial charge in [-0.05, 0) is 38.5 Å². The number of hydrogen-bond donors (Lipinski definition) is 0. The Morgan fingerprint density at radius 1 is 0.698 bits per heavy atom. The van der Waals surface area contributed by atoms with Gasteiger partial charge in [-0.1, -0.05) is 96.6 Å². The summed E-state index contributed by atoms with van der Waals surface area (Å²) in [5, 5.41) is 0. The minimum atomic E-state index is -4.59. The van der Waals surface area contributed by atoms with Crippen LogP contribution in [0.4, 0.5) is 0 Å². The van der Waals surface area contributed by atoms with Crippen molar-refractivity contribution in [3.8, 4) is 0 Å². The number of hydrogen-bond acceptors (Lipinski definition) is 8. The van der Waals surface area contributed by atoms with E-state index in [-0.39, 0.29) is 26.1 Å². The molecular formula is C33H64NO8P. The number of ether oxygens (including phenoxy) is 2. The summed E-state index contributed by atoms with van der Waals surface area (Å²) in [6.45, 7) is 3.93. The van der Waals surface area contributed by atoms with Crippen molar-refractivity contribution in [1.82, 2.24) is 0 Å². The molecule has 0 saturated heterocycles. The monoisotopic (exact) mass is 633 g/mol. The number of carbonyl (C=O) groups is 2. The summed E-state index contributed by atoms with van der Waals surface area (Å²) in [5.41, 5.74) is 0. The molecule has 0 rings (SSSR count). The van der Waals surface area contributed by atoms with Crippen molar-refractivity contribution in [2.75, 3.05) is 47.5 Å². The zero-order chi connectivity index (χ0) is 32.2. The molecule has 0 N–H and O–H groups in total. The van der Waals surface area contributed by atoms with Crippen LogP contribution < -0.4 is 4.89 Å². The number of unbranched alkanes of at least 4 members (excludes halogenated alkanes) is 14. The third-order valence-corrected chi connectivity index (χ3v) is 8.00. The summed E-state index contributed by atoms with van der Waals surface area (Å²) in [7, 11) is 1.16. The summed E-state index contributed by atoms with van der Waals surface area (Å²) >= 11 is 0. The van der Waals surface area contributed by atoms with E-state index in [9.17, 15) is 19.0 Å². The molecule has 2 unspecified atom stereocenters. The Hall–Kier alpha value is -1.25. The Morgan fingerprint density at radius 3 is 1.77 bits per heavy atom. The van der Waals surface area contributed by atoms with E-state index < -0.39 is 32.5 Å². The van der Waals surface area contributed by atoms with E-state index in [0.29, 0.717) is 23.9 Å². The molecule has 0 aromatic heterocycles. The lowest BCUT2D eigenvalue weighted by molar-refractivity contribution is -0.870. The fourth-order valence-corrected chi connectivity index (χ4v) is 5.00. The highest BCUT2D eigenvalue weighted by Crippen LogP contribution is 2.38. The van der Waals surface area contributed by atoms with Gasteiger partial charge >= 0.3 is 11.9 Å². The lowest BCUT2D eigenvalue weighted by Crippen LogP contribution is -2.37. The summed E-state index contributed by atoms with van der Waals surface area (Å²) in [4.78, 5) is 36.5. The fraction of sp³-hybridized carbons (Fsp3) is 0.879. The van der Waals surface area contributed by atoms with E-state index in [2.05, 4.69) is 19.1 Å². The molecule has 0 radical (unpaired) electrons. The molecule has 0 amide bonds. The van der Waals surface area contributed by atoms with Crippen LogP contribution in [0.1, 0.15) is 136 Å². The predicted octanol–water partition coefficient (Wildman–Crippen LogP) is 7.66. The summed E-state index contributed by atoms with van der Waals surface area (Å²) in [6, 6.07) is 0. The van der Waals surface area contributed by atoms with E-state index >= 15 is 0 Å². The van der Waals surface area contributed by atoms with Crippen LogP contribution >= 0.6 is 7.82 Å². The normalized spacial score (nSPS) is 14.1. The van der Waals surface area contributed by atoms with Gasteiger partial charge in [0.1, 0.15) is 19.8 Å². The van der Waals surface area contributed by atoms with Crippen molar-refractivity contribution in [2.24, 2.45) is 0 Å². The molecule has 0 spiro atoms. The van der Waals surface area contributed by atoms with Crippen molar-refractivity contribution in [1.29, 1.82) is 0 Å². The molecule has 0 heterocycles. The Bertz CT molecular complexity index is 768. The fourth-order valence-electron chi connectivity index (χ4n) is 4.27. The van der Waals surface area contributed by atoms with Crippen LogP contribution in [-0.2, 0) is 32.7 Å². The predicted molar refractivity (Wildman–Crippen MR) is 171 cm³/mol. The molecule has 0 aliphatic carbocycles. The number of rotatable bonds is 30. The first-order valence-corrected chi connectivity index (χ1v) is 18.4. The van der Waals surface area contributed by atoms with Gasteiger partial charge in [0, 0.05) is 12.8 Å². The summed E-state index contributed by atoms with van der Waals surface area (Å²) in [6.07, 6.45) is 23.6. The van der Waals surface area contributed by atoms with Gasteiger partial charge in [0.2, 0.25) is 0 Å². The highest BCUT2D eigenvalue weighted by molar-refractivity contribution is 7.45. The number of carbonyl (C=O) groups excluding carboxylic acids is 2. The number of phosphoric acid groups is 1. The number of esters is 2. The zero-order valence-corrected chi connectivity index (χ0v) is 29.1. The molecule has 0 saturated carbocycles. The van der Waals surface area contributed by atoms with Gasteiger partial charge in [0.05, 0.1) is 27.7 Å². The second-order valence-corrected chi connectivity index (χ2v) is 13.9. The van der Waals surface area contributed by atoms with Gasteiger partial charge in [-0.2, -0.15) is 0 Å². The molecular weight excluding hydrogens is 569 g/mol. The highest BCUT2D eigenvalue weighted by Gasteiger charge is 2.21. The van der Waals surface area contributed by atoms with Crippen molar-refractivity contribution < 1.29 is 42.1 Å². The smallest absolute Gasteiger partial charge is 0.306 e. The van der Waals surface area contributed by atoms with Gasteiger partial charge in [-0.15, -0.1) is 0 Å². The summed E-state index contributed by atoms with van der Waals surface area (Å²) in [5.74, 6) is -0.880. The van der Waals surface area contributed by atoms with Crippen LogP contribution in [0.15, 0.2) is 12.2 Å². The summed E-state index contributed by atoms with van der Waals surface area (Å²) < 4.78 is 33.2. The Kier molecular flexibility index (Phi) is 26.3. The van der Waals surface area contributed by atoms with Crippen molar-refractivity contribution in [3.63, 3.8) is 0 Å². The Labute approximate surface area is 263 Å². The maximum atomic E-state index is 12.4. The zero-order valence-electron chi connectivity index (χ0n) is 28.2. The minimum absolute atomic E-state index is 0.0307. The third kappa shape index (κ3) is 30.6. The van der Waals surface area contributed by atoms with E-state index in [1.165, 1.54) is 64.2 Å². The molecule has 9 nitrogen and oxygen atoms in total. The molecule has 0 fully saturated rings. The average molecular weight is 634 g/mol. The van der Waals surface area contributed by atoms with Crippen LogP contribution in [-0.4, -0.2) is 70.0 Å². The molecule has 10 heteroatoms. The number of allylic oxidation sites excluding steroid dienone is 2. The van der Waals surface area contributed by atoms with E-state index in [4.69, 9.17) is 18.5 Å². The second kappa shape index (κ2) is 27.1. The topological polar surface area (TPSA) is 111 Å². The Morgan fingerprint density at radius 2 is 1.21 bits per heavy atom. The molecule has 0 aliphatic rings. The van der Waals surface area contributed by atoms with Crippen LogP contribution in [0.2, 0.25) is 0 Å². The standard InChI is InChI=1S/C33H64NO8P/c1-6-8-10-11-12-13-14-15-16-17-18-19-20-21-22-23-24-26-33(36)42-31(29-39-32(35)25-9-7-2)30-41-43(37,38)40-28-27-34(3,4)5/h15-16,31H,6-14,17-30H2,1-5H3/b16-15-. The van der Waals surface area contributed by atoms with Crippen LogP contribution in [0.3, 0.4) is 0 Å². The van der Waals surface area contributed by atoms with E-state index in [0.717, 1.165) is 32.1 Å². The van der Waals surface area contributed by atoms with Crippen LogP contribution in [0, 0.1) is 0 Å². The first-order chi connectivity index (χ1) is 20.5. The van der Waals surface area contributed by atoms with Crippen molar-refractivity contribution in [3.05, 3.63) is 12.2 Å². The first-order valence-electron chi connectivity index (χ1n) is 16.9. The Balaban J connectivity index is 4.18. The number of nitrogens with zero attached hydrogens (tertiary/aromatic N) is 1. The molecule has 0 aromatic rings. The van der Waals surface area contributed by atoms with Gasteiger partial charge in [-0.3, -0.25) is 14.2 Å². The van der Waals surface area contributed by atoms with Gasteiger partial charge < -0.3 is 27.9 Å². The van der Waals surface area contributed by atoms with Gasteiger partial charge in [0.15, 0.2) is 6.10 Å². The molecule has 0 bridgehead atoms. The lowest BCUT2D eigenvalue weighted by atomic mass is 10.1. The minimum Gasteiger partial charge on any atom is -0.756 e. The van der Waals surface area contributed by atoms with Crippen molar-refractivity contribution in [2.45, 2.75) is 142 Å². The highest BCUT2D eigenvalue weighted by atomic mass is 31.2. The van der Waals surface area contributed by atoms with Crippen molar-refractivity contribution >= 4 is 19.8 Å². The van der Waals surface area contributed by atoms with E-state index in [1.807, 2.05) is 28.1 Å². The third-order valence-electron chi connectivity index (χ3n) is 7.04. The first kappa shape index (κ1) is 41.8. The van der Waals surface area contributed by atoms with E-state index in [1.54, 1.807) is 0 Å². The van der Waals surface area contributed by atoms with Gasteiger partial charge in [-0.25, -0.2) is 0 Å².